The number of nitrogens with one attached hydrogen (secondary N) is 1. The molecule has 1 aliphatic rings. The van der Waals surface area contributed by atoms with Crippen LogP contribution in [0.5, 0.6) is 0 Å². The highest BCUT2D eigenvalue weighted by molar-refractivity contribution is 7.99. The van der Waals surface area contributed by atoms with Crippen molar-refractivity contribution in [2.75, 3.05) is 18.1 Å². The molecule has 0 aromatic carbocycles. The normalized spacial score (nSPS) is 27.8. The molecule has 16 heavy (non-hydrogen) atoms. The Labute approximate surface area is 98.0 Å². The molecule has 2 unspecified atom stereocenters. The molecule has 1 heterocycles. The maximum atomic E-state index is 12.1. The van der Waals surface area contributed by atoms with Crippen molar-refractivity contribution < 1.29 is 18.3 Å². The van der Waals surface area contributed by atoms with Crippen molar-refractivity contribution in [3.8, 4) is 0 Å². The van der Waals surface area contributed by atoms with Crippen molar-refractivity contribution in [2.45, 2.75) is 38.6 Å². The van der Waals surface area contributed by atoms with Crippen LogP contribution in [0, 0.1) is 5.41 Å². The zero-order valence-corrected chi connectivity index (χ0v) is 10.3. The number of hydrogen-bond acceptors (Lipinski definition) is 3. The molecule has 0 saturated carbocycles. The Kier molecular flexibility index (Phi) is 4.54. The Morgan fingerprint density at radius 2 is 2.12 bits per heavy atom. The summed E-state index contributed by atoms with van der Waals surface area (Å²) in [5.74, 6) is 1.85. The van der Waals surface area contributed by atoms with Crippen LogP contribution in [0.3, 0.4) is 0 Å². The molecule has 1 fully saturated rings. The smallest absolute Gasteiger partial charge is 0.382 e. The fraction of sp³-hybridized carbons (Fsp3) is 1.00. The third kappa shape index (κ3) is 3.82. The van der Waals surface area contributed by atoms with Crippen LogP contribution in [0.2, 0.25) is 0 Å². The fourth-order valence-corrected chi connectivity index (χ4v) is 3.28. The van der Waals surface area contributed by atoms with Crippen LogP contribution in [0.1, 0.15) is 20.3 Å². The third-order valence-corrected chi connectivity index (χ3v) is 4.12. The monoisotopic (exact) mass is 257 g/mol. The lowest BCUT2D eigenvalue weighted by Gasteiger charge is -2.39. The molecule has 1 aliphatic heterocycles. The van der Waals surface area contributed by atoms with E-state index in [9.17, 15) is 13.2 Å². The number of hydrogen-bond donors (Lipinski definition) is 2. The van der Waals surface area contributed by atoms with Gasteiger partial charge in [-0.05, 0) is 17.6 Å². The summed E-state index contributed by atoms with van der Waals surface area (Å²) in [6, 6.07) is 0.0308. The molecule has 0 aromatic rings. The summed E-state index contributed by atoms with van der Waals surface area (Å²) in [4.78, 5) is 0. The zero-order valence-electron chi connectivity index (χ0n) is 9.47. The zero-order chi connectivity index (χ0) is 12.4. The standard InChI is InChI=1S/C10H18F3NOS/c1-9(2)3-4-16-6-7(9)14-5-8(15)10(11,12)13/h7-8,14-15H,3-6H2,1-2H3. The van der Waals surface area contributed by atoms with Gasteiger partial charge in [-0.3, -0.25) is 0 Å². The van der Waals surface area contributed by atoms with Crippen LogP contribution < -0.4 is 5.32 Å². The maximum absolute atomic E-state index is 12.1. The maximum Gasteiger partial charge on any atom is 0.415 e. The second-order valence-electron chi connectivity index (χ2n) is 4.83. The van der Waals surface area contributed by atoms with Gasteiger partial charge in [0.25, 0.3) is 0 Å². The second-order valence-corrected chi connectivity index (χ2v) is 5.98. The van der Waals surface area contributed by atoms with Gasteiger partial charge in [0.15, 0.2) is 6.10 Å². The van der Waals surface area contributed by atoms with Crippen LogP contribution in [-0.2, 0) is 0 Å². The van der Waals surface area contributed by atoms with Gasteiger partial charge >= 0.3 is 6.18 Å². The SMILES string of the molecule is CC1(C)CCSCC1NCC(O)C(F)(F)F. The molecular formula is C10H18F3NOS. The Morgan fingerprint density at radius 3 is 2.62 bits per heavy atom. The lowest BCUT2D eigenvalue weighted by atomic mass is 9.82. The molecule has 96 valence electrons. The van der Waals surface area contributed by atoms with E-state index >= 15 is 0 Å². The molecule has 0 spiro atoms. The molecule has 6 heteroatoms. The predicted molar refractivity (Wildman–Crippen MR) is 59.6 cm³/mol. The molecule has 1 saturated heterocycles. The van der Waals surface area contributed by atoms with Crippen LogP contribution >= 0.6 is 11.8 Å². The molecule has 0 aliphatic carbocycles. The van der Waals surface area contributed by atoms with Gasteiger partial charge in [-0.15, -0.1) is 0 Å². The highest BCUT2D eigenvalue weighted by Crippen LogP contribution is 2.34. The largest absolute Gasteiger partial charge is 0.415 e. The Bertz CT molecular complexity index is 233. The Hall–Kier alpha value is 0.0600. The summed E-state index contributed by atoms with van der Waals surface area (Å²) in [6.07, 6.45) is -5.81. The van der Waals surface area contributed by atoms with E-state index in [-0.39, 0.29) is 11.5 Å². The first-order valence-corrected chi connectivity index (χ1v) is 6.45. The second kappa shape index (κ2) is 5.14. The van der Waals surface area contributed by atoms with Crippen LogP contribution in [0.4, 0.5) is 13.2 Å². The van der Waals surface area contributed by atoms with Gasteiger partial charge in [-0.1, -0.05) is 13.8 Å². The van der Waals surface area contributed by atoms with E-state index in [4.69, 9.17) is 5.11 Å². The van der Waals surface area contributed by atoms with Crippen molar-refractivity contribution in [3.63, 3.8) is 0 Å². The lowest BCUT2D eigenvalue weighted by Crippen LogP contribution is -2.50. The Morgan fingerprint density at radius 1 is 1.50 bits per heavy atom. The molecule has 2 N–H and O–H groups in total. The van der Waals surface area contributed by atoms with Crippen LogP contribution in [0.25, 0.3) is 0 Å². The van der Waals surface area contributed by atoms with E-state index in [0.29, 0.717) is 0 Å². The fourth-order valence-electron chi connectivity index (χ4n) is 1.64. The van der Waals surface area contributed by atoms with Crippen LogP contribution in [-0.4, -0.2) is 41.5 Å². The van der Waals surface area contributed by atoms with Crippen molar-refractivity contribution in [2.24, 2.45) is 5.41 Å². The molecule has 0 aromatic heterocycles. The summed E-state index contributed by atoms with van der Waals surface area (Å²) in [7, 11) is 0. The first kappa shape index (κ1) is 14.1. The van der Waals surface area contributed by atoms with Gasteiger partial charge in [0, 0.05) is 18.3 Å². The molecule has 0 amide bonds. The number of halogens is 3. The molecule has 1 rings (SSSR count). The number of aliphatic hydroxyl groups is 1. The van der Waals surface area contributed by atoms with Crippen molar-refractivity contribution in [3.05, 3.63) is 0 Å². The topological polar surface area (TPSA) is 32.3 Å². The van der Waals surface area contributed by atoms with E-state index in [1.165, 1.54) is 0 Å². The van der Waals surface area contributed by atoms with E-state index in [1.807, 2.05) is 13.8 Å². The molecule has 2 atom stereocenters. The summed E-state index contributed by atoms with van der Waals surface area (Å²) < 4.78 is 36.3. The lowest BCUT2D eigenvalue weighted by molar-refractivity contribution is -0.202. The minimum atomic E-state index is -4.53. The van der Waals surface area contributed by atoms with Gasteiger partial charge < -0.3 is 10.4 Å². The number of rotatable bonds is 3. The van der Waals surface area contributed by atoms with Gasteiger partial charge in [0.05, 0.1) is 0 Å². The minimum absolute atomic E-state index is 0.00340. The summed E-state index contributed by atoms with van der Waals surface area (Å²) >= 11 is 1.74. The average molecular weight is 257 g/mol. The van der Waals surface area contributed by atoms with Crippen LogP contribution in [0.15, 0.2) is 0 Å². The molecule has 2 nitrogen and oxygen atoms in total. The van der Waals surface area contributed by atoms with Crippen molar-refractivity contribution >= 4 is 11.8 Å². The quantitative estimate of drug-likeness (QED) is 0.811. The molecular weight excluding hydrogens is 239 g/mol. The third-order valence-electron chi connectivity index (χ3n) is 3.05. The summed E-state index contributed by atoms with van der Waals surface area (Å²) in [6.45, 7) is 3.67. The number of aliphatic hydroxyl groups excluding tert-OH is 1. The van der Waals surface area contributed by atoms with E-state index in [2.05, 4.69) is 5.32 Å². The number of alkyl halides is 3. The predicted octanol–water partition coefficient (Wildman–Crippen LogP) is 2.03. The van der Waals surface area contributed by atoms with E-state index in [1.54, 1.807) is 11.8 Å². The van der Waals surface area contributed by atoms with Gasteiger partial charge in [0.2, 0.25) is 0 Å². The van der Waals surface area contributed by atoms with Crippen molar-refractivity contribution in [1.82, 2.24) is 5.32 Å². The summed E-state index contributed by atoms with van der Waals surface area (Å²) in [5, 5.41) is 11.7. The average Bonchev–Trinajstić information content (AvgIpc) is 2.13. The highest BCUT2D eigenvalue weighted by atomic mass is 32.2. The van der Waals surface area contributed by atoms with Gasteiger partial charge in [0.1, 0.15) is 0 Å². The molecule has 0 radical (unpaired) electrons. The van der Waals surface area contributed by atoms with E-state index in [0.717, 1.165) is 17.9 Å². The minimum Gasteiger partial charge on any atom is -0.382 e. The highest BCUT2D eigenvalue weighted by Gasteiger charge is 2.39. The summed E-state index contributed by atoms with van der Waals surface area (Å²) in [5.41, 5.74) is -0.00340. The Balaban J connectivity index is 2.42. The van der Waals surface area contributed by atoms with E-state index < -0.39 is 18.8 Å². The van der Waals surface area contributed by atoms with Gasteiger partial charge in [-0.25, -0.2) is 0 Å². The first-order valence-electron chi connectivity index (χ1n) is 5.29. The first-order chi connectivity index (χ1) is 7.23. The molecule has 0 bridgehead atoms. The number of thioether (sulfide) groups is 1. The van der Waals surface area contributed by atoms with Gasteiger partial charge in [-0.2, -0.15) is 24.9 Å². The van der Waals surface area contributed by atoms with Crippen molar-refractivity contribution in [1.29, 1.82) is 0 Å².